The summed E-state index contributed by atoms with van der Waals surface area (Å²) in [6, 6.07) is 5.83. The first-order valence-electron chi connectivity index (χ1n) is 8.84. The number of piperazine rings is 1. The fourth-order valence-corrected chi connectivity index (χ4v) is 4.06. The molecule has 1 aromatic heterocycles. The maximum atomic E-state index is 12.8. The number of thioether (sulfide) groups is 1. The van der Waals surface area contributed by atoms with E-state index in [9.17, 15) is 4.79 Å². The van der Waals surface area contributed by atoms with Gasteiger partial charge >= 0.3 is 0 Å². The zero-order valence-electron chi connectivity index (χ0n) is 15.4. The third-order valence-corrected chi connectivity index (χ3v) is 6.16. The van der Waals surface area contributed by atoms with E-state index in [0.29, 0.717) is 10.2 Å². The van der Waals surface area contributed by atoms with Crippen molar-refractivity contribution in [2.45, 2.75) is 31.2 Å². The van der Waals surface area contributed by atoms with Crippen LogP contribution in [0.1, 0.15) is 19.4 Å². The van der Waals surface area contributed by atoms with E-state index in [2.05, 4.69) is 22.0 Å². The highest BCUT2D eigenvalue weighted by molar-refractivity contribution is 8.00. The lowest BCUT2D eigenvalue weighted by Crippen LogP contribution is -2.50. The lowest BCUT2D eigenvalue weighted by atomic mass is 10.2. The maximum absolute atomic E-state index is 12.8. The molecule has 1 fully saturated rings. The van der Waals surface area contributed by atoms with E-state index in [1.54, 1.807) is 6.33 Å². The van der Waals surface area contributed by atoms with Crippen molar-refractivity contribution >= 4 is 29.3 Å². The zero-order valence-corrected chi connectivity index (χ0v) is 16.9. The van der Waals surface area contributed by atoms with Crippen molar-refractivity contribution in [3.05, 3.63) is 35.1 Å². The van der Waals surface area contributed by atoms with Crippen LogP contribution in [0.25, 0.3) is 5.69 Å². The summed E-state index contributed by atoms with van der Waals surface area (Å²) in [5, 5.41) is 9.38. The van der Waals surface area contributed by atoms with Crippen molar-refractivity contribution in [2.24, 2.45) is 0 Å². The van der Waals surface area contributed by atoms with Gasteiger partial charge < -0.3 is 9.80 Å². The van der Waals surface area contributed by atoms with Crippen molar-refractivity contribution in [3.63, 3.8) is 0 Å². The van der Waals surface area contributed by atoms with E-state index in [0.717, 1.165) is 44.0 Å². The Hall–Kier alpha value is -1.57. The Morgan fingerprint density at radius 3 is 2.69 bits per heavy atom. The SMILES string of the molecule is CCN1CCN(C(=O)[C@H](C)Sc2nncn2-c2ccc(C)c(Cl)c2)CC1. The standard InChI is InChI=1S/C18H24ClN5OS/c1-4-22-7-9-23(10-8-22)17(25)14(3)26-18-21-20-12-24(18)15-6-5-13(2)16(19)11-15/h5-6,11-12,14H,4,7-10H2,1-3H3/t14-/m0/s1. The minimum atomic E-state index is -0.216. The molecule has 1 amide bonds. The molecule has 1 saturated heterocycles. The Labute approximate surface area is 163 Å². The summed E-state index contributed by atoms with van der Waals surface area (Å²) < 4.78 is 1.87. The smallest absolute Gasteiger partial charge is 0.235 e. The van der Waals surface area contributed by atoms with Gasteiger partial charge in [0.15, 0.2) is 5.16 Å². The number of carbonyl (C=O) groups excluding carboxylic acids is 1. The molecule has 26 heavy (non-hydrogen) atoms. The number of amides is 1. The van der Waals surface area contributed by atoms with E-state index in [-0.39, 0.29) is 11.2 Å². The molecule has 2 heterocycles. The number of hydrogen-bond donors (Lipinski definition) is 0. The van der Waals surface area contributed by atoms with Crippen LogP contribution in [0.2, 0.25) is 5.02 Å². The Bertz CT molecular complexity index is 773. The summed E-state index contributed by atoms with van der Waals surface area (Å²) in [7, 11) is 0. The van der Waals surface area contributed by atoms with Crippen LogP contribution < -0.4 is 0 Å². The Morgan fingerprint density at radius 2 is 2.04 bits per heavy atom. The number of halogens is 1. The molecule has 0 radical (unpaired) electrons. The van der Waals surface area contributed by atoms with Gasteiger partial charge in [0.25, 0.3) is 0 Å². The summed E-state index contributed by atoms with van der Waals surface area (Å²) in [5.41, 5.74) is 1.91. The van der Waals surface area contributed by atoms with Crippen molar-refractivity contribution in [1.29, 1.82) is 0 Å². The van der Waals surface area contributed by atoms with Crippen LogP contribution in [0.5, 0.6) is 0 Å². The molecular weight excluding hydrogens is 370 g/mol. The lowest BCUT2D eigenvalue weighted by Gasteiger charge is -2.35. The molecule has 1 atom stereocenters. The first kappa shape index (κ1) is 19.2. The van der Waals surface area contributed by atoms with Crippen LogP contribution in [0.15, 0.2) is 29.7 Å². The van der Waals surface area contributed by atoms with Crippen LogP contribution in [-0.2, 0) is 4.79 Å². The molecule has 1 aromatic carbocycles. The molecule has 3 rings (SSSR count). The zero-order chi connectivity index (χ0) is 18.7. The third-order valence-electron chi connectivity index (χ3n) is 4.71. The van der Waals surface area contributed by atoms with Gasteiger partial charge in [-0.2, -0.15) is 0 Å². The van der Waals surface area contributed by atoms with E-state index in [1.807, 2.05) is 41.5 Å². The number of likely N-dealkylation sites (N-methyl/N-ethyl adjacent to an activating group) is 1. The van der Waals surface area contributed by atoms with Gasteiger partial charge in [0.2, 0.25) is 5.91 Å². The molecule has 6 nitrogen and oxygen atoms in total. The lowest BCUT2D eigenvalue weighted by molar-refractivity contribution is -0.132. The van der Waals surface area contributed by atoms with Crippen molar-refractivity contribution in [1.82, 2.24) is 24.6 Å². The average Bonchev–Trinajstić information content (AvgIpc) is 3.11. The van der Waals surface area contributed by atoms with Gasteiger partial charge in [-0.25, -0.2) is 0 Å². The molecule has 140 valence electrons. The van der Waals surface area contributed by atoms with Gasteiger partial charge in [0.05, 0.1) is 10.9 Å². The summed E-state index contributed by atoms with van der Waals surface area (Å²) >= 11 is 7.67. The molecule has 2 aromatic rings. The van der Waals surface area contributed by atoms with Gasteiger partial charge in [0, 0.05) is 31.2 Å². The molecule has 1 aliphatic rings. The maximum Gasteiger partial charge on any atom is 0.235 e. The quantitative estimate of drug-likeness (QED) is 0.731. The Balaban J connectivity index is 1.68. The van der Waals surface area contributed by atoms with Crippen LogP contribution in [0.3, 0.4) is 0 Å². The van der Waals surface area contributed by atoms with Gasteiger partial charge in [-0.15, -0.1) is 10.2 Å². The molecule has 0 aliphatic carbocycles. The fourth-order valence-electron chi connectivity index (χ4n) is 2.96. The minimum absolute atomic E-state index is 0.155. The van der Waals surface area contributed by atoms with E-state index in [4.69, 9.17) is 11.6 Å². The topological polar surface area (TPSA) is 54.3 Å². The highest BCUT2D eigenvalue weighted by atomic mass is 35.5. The van der Waals surface area contributed by atoms with E-state index < -0.39 is 0 Å². The van der Waals surface area contributed by atoms with Gasteiger partial charge in [-0.1, -0.05) is 36.4 Å². The second-order valence-corrected chi connectivity index (χ2v) is 8.15. The number of rotatable bonds is 5. The summed E-state index contributed by atoms with van der Waals surface area (Å²) in [5.74, 6) is 0.155. The van der Waals surface area contributed by atoms with Crippen LogP contribution in [0.4, 0.5) is 0 Å². The van der Waals surface area contributed by atoms with E-state index in [1.165, 1.54) is 11.8 Å². The summed E-state index contributed by atoms with van der Waals surface area (Å²) in [4.78, 5) is 17.1. The Kier molecular flexibility index (Phi) is 6.21. The first-order chi connectivity index (χ1) is 12.5. The largest absolute Gasteiger partial charge is 0.339 e. The second kappa shape index (κ2) is 8.41. The molecular formula is C18H24ClN5OS. The Morgan fingerprint density at radius 1 is 1.31 bits per heavy atom. The molecule has 0 spiro atoms. The van der Waals surface area contributed by atoms with Gasteiger partial charge in [-0.3, -0.25) is 9.36 Å². The number of nitrogens with zero attached hydrogens (tertiary/aromatic N) is 5. The van der Waals surface area contributed by atoms with Crippen LogP contribution in [0, 0.1) is 6.92 Å². The first-order valence-corrected chi connectivity index (χ1v) is 10.1. The number of carbonyl (C=O) groups is 1. The minimum Gasteiger partial charge on any atom is -0.339 e. The van der Waals surface area contributed by atoms with Crippen molar-refractivity contribution in [2.75, 3.05) is 32.7 Å². The van der Waals surface area contributed by atoms with Crippen molar-refractivity contribution < 1.29 is 4.79 Å². The monoisotopic (exact) mass is 393 g/mol. The van der Waals surface area contributed by atoms with Crippen molar-refractivity contribution in [3.8, 4) is 5.69 Å². The molecule has 0 saturated carbocycles. The fraction of sp³-hybridized carbons (Fsp3) is 0.500. The van der Waals surface area contributed by atoms with Crippen LogP contribution in [-0.4, -0.2) is 68.4 Å². The van der Waals surface area contributed by atoms with Gasteiger partial charge in [0.1, 0.15) is 6.33 Å². The van der Waals surface area contributed by atoms with Crippen LogP contribution >= 0.6 is 23.4 Å². The number of aromatic nitrogens is 3. The summed E-state index contributed by atoms with van der Waals surface area (Å²) in [6.45, 7) is 10.5. The normalized spacial score (nSPS) is 16.7. The van der Waals surface area contributed by atoms with E-state index >= 15 is 0 Å². The molecule has 8 heteroatoms. The predicted molar refractivity (Wildman–Crippen MR) is 105 cm³/mol. The molecule has 0 N–H and O–H groups in total. The highest BCUT2D eigenvalue weighted by Crippen LogP contribution is 2.27. The third kappa shape index (κ3) is 4.22. The average molecular weight is 394 g/mol. The van der Waals surface area contributed by atoms with Gasteiger partial charge in [-0.05, 0) is 38.1 Å². The molecule has 0 bridgehead atoms. The second-order valence-electron chi connectivity index (χ2n) is 6.44. The molecule has 0 unspecified atom stereocenters. The number of hydrogen-bond acceptors (Lipinski definition) is 5. The summed E-state index contributed by atoms with van der Waals surface area (Å²) in [6.07, 6.45) is 1.65. The number of benzene rings is 1. The molecule has 1 aliphatic heterocycles. The predicted octanol–water partition coefficient (Wildman–Crippen LogP) is 2.87. The number of aryl methyl sites for hydroxylation is 1. The highest BCUT2D eigenvalue weighted by Gasteiger charge is 2.26.